The van der Waals surface area contributed by atoms with E-state index in [-0.39, 0.29) is 0 Å². The second-order valence-corrected chi connectivity index (χ2v) is 5.87. The Balaban J connectivity index is 2.24. The number of anilines is 1. The van der Waals surface area contributed by atoms with Gasteiger partial charge in [0.2, 0.25) is 0 Å². The highest BCUT2D eigenvalue weighted by atomic mass is 35.5. The van der Waals surface area contributed by atoms with Gasteiger partial charge in [0.25, 0.3) is 0 Å². The molecule has 0 saturated heterocycles. The zero-order valence-electron chi connectivity index (χ0n) is 12.1. The third-order valence-electron chi connectivity index (χ3n) is 2.63. The smallest absolute Gasteiger partial charge is 0.157 e. The van der Waals surface area contributed by atoms with Gasteiger partial charge in [-0.1, -0.05) is 42.4 Å². The molecule has 0 fully saturated rings. The molecule has 2 aromatic rings. The highest BCUT2D eigenvalue weighted by molar-refractivity contribution is 7.99. The van der Waals surface area contributed by atoms with Gasteiger partial charge < -0.3 is 10.1 Å². The Labute approximate surface area is 134 Å². The molecule has 0 spiro atoms. The van der Waals surface area contributed by atoms with Gasteiger partial charge in [-0.15, -0.1) is 0 Å². The lowest BCUT2D eigenvalue weighted by molar-refractivity contribution is 0.177. The fourth-order valence-electron chi connectivity index (χ4n) is 1.70. The van der Waals surface area contributed by atoms with E-state index < -0.39 is 0 Å². The topological polar surface area (TPSA) is 47.0 Å². The Hall–Kier alpha value is -1.30. The van der Waals surface area contributed by atoms with E-state index in [1.807, 2.05) is 30.3 Å². The summed E-state index contributed by atoms with van der Waals surface area (Å²) in [5.74, 6) is 1.47. The van der Waals surface area contributed by atoms with Crippen molar-refractivity contribution in [2.45, 2.75) is 29.9 Å². The van der Waals surface area contributed by atoms with E-state index in [1.54, 1.807) is 7.11 Å². The van der Waals surface area contributed by atoms with Crippen molar-refractivity contribution in [1.82, 2.24) is 9.97 Å². The number of nitrogens with one attached hydrogen (secondary N) is 1. The van der Waals surface area contributed by atoms with E-state index in [0.29, 0.717) is 12.4 Å². The van der Waals surface area contributed by atoms with Crippen LogP contribution in [0.2, 0.25) is 5.02 Å². The summed E-state index contributed by atoms with van der Waals surface area (Å²) in [5.41, 5.74) is 0. The van der Waals surface area contributed by atoms with Crippen molar-refractivity contribution in [1.29, 1.82) is 0 Å². The van der Waals surface area contributed by atoms with Crippen molar-refractivity contribution in [3.05, 3.63) is 41.2 Å². The quantitative estimate of drug-likeness (QED) is 0.772. The molecule has 4 nitrogen and oxygen atoms in total. The van der Waals surface area contributed by atoms with Gasteiger partial charge in [-0.2, -0.15) is 0 Å². The molecule has 1 aromatic carbocycles. The molecule has 0 radical (unpaired) electrons. The fourth-order valence-corrected chi connectivity index (χ4v) is 2.81. The number of ether oxygens (including phenoxy) is 1. The fraction of sp³-hybridized carbons (Fsp3) is 0.333. The van der Waals surface area contributed by atoms with Gasteiger partial charge in [-0.3, -0.25) is 0 Å². The van der Waals surface area contributed by atoms with Crippen LogP contribution in [-0.2, 0) is 11.3 Å². The van der Waals surface area contributed by atoms with Crippen LogP contribution in [0.1, 0.15) is 19.2 Å². The van der Waals surface area contributed by atoms with Crippen molar-refractivity contribution in [2.24, 2.45) is 0 Å². The molecule has 0 unspecified atom stereocenters. The third kappa shape index (κ3) is 4.88. The van der Waals surface area contributed by atoms with Crippen LogP contribution in [0, 0.1) is 0 Å². The number of hydrogen-bond donors (Lipinski definition) is 1. The van der Waals surface area contributed by atoms with Crippen LogP contribution in [0.25, 0.3) is 0 Å². The maximum Gasteiger partial charge on any atom is 0.157 e. The number of aromatic nitrogens is 2. The van der Waals surface area contributed by atoms with E-state index >= 15 is 0 Å². The van der Waals surface area contributed by atoms with Crippen molar-refractivity contribution in [2.75, 3.05) is 19.0 Å². The third-order valence-corrected chi connectivity index (χ3v) is 4.07. The zero-order chi connectivity index (χ0) is 15.1. The summed E-state index contributed by atoms with van der Waals surface area (Å²) in [5, 5.41) is 4.85. The van der Waals surface area contributed by atoms with Crippen LogP contribution < -0.4 is 5.32 Å². The van der Waals surface area contributed by atoms with Crippen LogP contribution in [0.4, 0.5) is 5.82 Å². The van der Waals surface area contributed by atoms with Crippen LogP contribution in [0.15, 0.2) is 40.3 Å². The van der Waals surface area contributed by atoms with Gasteiger partial charge in [0.1, 0.15) is 17.5 Å². The van der Waals surface area contributed by atoms with E-state index in [4.69, 9.17) is 16.3 Å². The summed E-state index contributed by atoms with van der Waals surface area (Å²) < 4.78 is 5.13. The molecule has 0 atom stereocenters. The predicted octanol–water partition coefficient (Wildman–Crippen LogP) is 4.25. The first-order valence-electron chi connectivity index (χ1n) is 6.76. The van der Waals surface area contributed by atoms with Crippen LogP contribution in [-0.4, -0.2) is 23.6 Å². The highest BCUT2D eigenvalue weighted by Crippen LogP contribution is 2.32. The molecule has 0 aliphatic heterocycles. The number of hydrogen-bond acceptors (Lipinski definition) is 5. The second-order valence-electron chi connectivity index (χ2n) is 4.40. The standard InChI is InChI=1S/C15H18ClN3OS/c1-3-8-17-13-9-15(19-14(18-13)10-20-2)21-12-7-5-4-6-11(12)16/h4-7,9H,3,8,10H2,1-2H3,(H,17,18,19). The molecule has 21 heavy (non-hydrogen) atoms. The molecule has 0 aliphatic carbocycles. The highest BCUT2D eigenvalue weighted by Gasteiger charge is 2.08. The first-order valence-corrected chi connectivity index (χ1v) is 7.95. The number of methoxy groups -OCH3 is 1. The van der Waals surface area contributed by atoms with E-state index in [1.165, 1.54) is 11.8 Å². The molecule has 0 amide bonds. The SMILES string of the molecule is CCCNc1cc(Sc2ccccc2Cl)nc(COC)n1. The lowest BCUT2D eigenvalue weighted by Crippen LogP contribution is -2.06. The lowest BCUT2D eigenvalue weighted by Gasteiger charge is -2.09. The number of nitrogens with zero attached hydrogens (tertiary/aromatic N) is 2. The Morgan fingerprint density at radius 2 is 2.10 bits per heavy atom. The van der Waals surface area contributed by atoms with Gasteiger partial charge in [-0.25, -0.2) is 9.97 Å². The van der Waals surface area contributed by atoms with E-state index in [9.17, 15) is 0 Å². The Morgan fingerprint density at radius 3 is 2.81 bits per heavy atom. The minimum absolute atomic E-state index is 0.387. The summed E-state index contributed by atoms with van der Waals surface area (Å²) in [6, 6.07) is 9.66. The molecule has 112 valence electrons. The van der Waals surface area contributed by atoms with Crippen LogP contribution in [0.3, 0.4) is 0 Å². The molecule has 0 aliphatic rings. The maximum absolute atomic E-state index is 6.19. The van der Waals surface area contributed by atoms with Crippen LogP contribution in [0.5, 0.6) is 0 Å². The Kier molecular flexibility index (Phi) is 6.29. The molecule has 1 N–H and O–H groups in total. The lowest BCUT2D eigenvalue weighted by atomic mass is 10.4. The van der Waals surface area contributed by atoms with Crippen molar-refractivity contribution < 1.29 is 4.74 Å². The summed E-state index contributed by atoms with van der Waals surface area (Å²) in [6.07, 6.45) is 1.04. The average molecular weight is 324 g/mol. The van der Waals surface area contributed by atoms with Crippen molar-refractivity contribution in [3.63, 3.8) is 0 Å². The molecule has 2 rings (SSSR count). The summed E-state index contributed by atoms with van der Waals surface area (Å²) >= 11 is 7.72. The molecule has 0 saturated carbocycles. The molecular formula is C15H18ClN3OS. The van der Waals surface area contributed by atoms with Crippen LogP contribution >= 0.6 is 23.4 Å². The monoisotopic (exact) mass is 323 g/mol. The molecule has 1 aromatic heterocycles. The molecule has 0 bridgehead atoms. The summed E-state index contributed by atoms with van der Waals surface area (Å²) in [6.45, 7) is 3.38. The first-order chi connectivity index (χ1) is 10.2. The molecular weight excluding hydrogens is 306 g/mol. The second kappa shape index (κ2) is 8.22. The number of halogens is 1. The number of benzene rings is 1. The van der Waals surface area contributed by atoms with Gasteiger partial charge in [-0.05, 0) is 18.6 Å². The average Bonchev–Trinajstić information content (AvgIpc) is 2.48. The predicted molar refractivity (Wildman–Crippen MR) is 87.1 cm³/mol. The van der Waals surface area contributed by atoms with Gasteiger partial charge >= 0.3 is 0 Å². The Morgan fingerprint density at radius 1 is 1.29 bits per heavy atom. The molecule has 6 heteroatoms. The Bertz CT molecular complexity index is 595. The minimum atomic E-state index is 0.387. The largest absolute Gasteiger partial charge is 0.377 e. The zero-order valence-corrected chi connectivity index (χ0v) is 13.7. The van der Waals surface area contributed by atoms with Gasteiger partial charge in [0, 0.05) is 24.6 Å². The maximum atomic E-state index is 6.19. The normalized spacial score (nSPS) is 10.6. The minimum Gasteiger partial charge on any atom is -0.377 e. The van der Waals surface area contributed by atoms with Crippen molar-refractivity contribution in [3.8, 4) is 0 Å². The van der Waals surface area contributed by atoms with Gasteiger partial charge in [0.15, 0.2) is 5.82 Å². The first kappa shape index (κ1) is 16.1. The van der Waals surface area contributed by atoms with Gasteiger partial charge in [0.05, 0.1) is 5.02 Å². The number of rotatable bonds is 7. The van der Waals surface area contributed by atoms with E-state index in [0.717, 1.165) is 33.7 Å². The molecule has 1 heterocycles. The van der Waals surface area contributed by atoms with Crippen molar-refractivity contribution >= 4 is 29.2 Å². The summed E-state index contributed by atoms with van der Waals surface area (Å²) in [4.78, 5) is 9.90. The summed E-state index contributed by atoms with van der Waals surface area (Å²) in [7, 11) is 1.64. The van der Waals surface area contributed by atoms with E-state index in [2.05, 4.69) is 22.2 Å².